The molecule has 1 aliphatic carbocycles. The normalized spacial score (nSPS) is 16.5. The molecular formula is C25H24N2O2. The van der Waals surface area contributed by atoms with Crippen molar-refractivity contribution in [1.82, 2.24) is 4.98 Å². The van der Waals surface area contributed by atoms with Crippen LogP contribution in [0.4, 0.5) is 5.69 Å². The monoisotopic (exact) mass is 384 g/mol. The van der Waals surface area contributed by atoms with Gasteiger partial charge in [-0.3, -0.25) is 4.79 Å². The van der Waals surface area contributed by atoms with Gasteiger partial charge < -0.3 is 15.0 Å². The van der Waals surface area contributed by atoms with E-state index in [1.54, 1.807) is 7.11 Å². The standard InChI is InChI=1S/C25H24N2O2/c1-15-17-7-3-5-9-21(17)26-22(15)14-20-19-12-11-16(13-23(19)27-25(20)28)18-8-4-6-10-24(18)29-2/h4,6,8,10-14,26H,3,5,7,9H2,1-2H3,(H,27,28). The van der Waals surface area contributed by atoms with Crippen molar-refractivity contribution in [3.8, 4) is 16.9 Å². The summed E-state index contributed by atoms with van der Waals surface area (Å²) in [6.07, 6.45) is 6.72. The van der Waals surface area contributed by atoms with Gasteiger partial charge in [0, 0.05) is 28.2 Å². The lowest BCUT2D eigenvalue weighted by Gasteiger charge is -2.10. The fourth-order valence-electron chi connectivity index (χ4n) is 4.55. The molecule has 1 amide bonds. The minimum absolute atomic E-state index is 0.0517. The molecule has 0 bridgehead atoms. The molecule has 29 heavy (non-hydrogen) atoms. The van der Waals surface area contributed by atoms with Crippen LogP contribution in [0.1, 0.15) is 40.9 Å². The molecule has 3 aromatic rings. The van der Waals surface area contributed by atoms with E-state index in [9.17, 15) is 4.79 Å². The Morgan fingerprint density at radius 2 is 1.86 bits per heavy atom. The van der Waals surface area contributed by atoms with E-state index in [1.165, 1.54) is 29.7 Å². The summed E-state index contributed by atoms with van der Waals surface area (Å²) < 4.78 is 5.49. The van der Waals surface area contributed by atoms with Gasteiger partial charge in [0.25, 0.3) is 5.91 Å². The van der Waals surface area contributed by atoms with Crippen LogP contribution in [0.3, 0.4) is 0 Å². The van der Waals surface area contributed by atoms with Gasteiger partial charge in [-0.1, -0.05) is 30.3 Å². The van der Waals surface area contributed by atoms with Crippen LogP contribution >= 0.6 is 0 Å². The molecule has 2 aromatic carbocycles. The summed E-state index contributed by atoms with van der Waals surface area (Å²) in [5.41, 5.74) is 9.65. The molecular weight excluding hydrogens is 360 g/mol. The average Bonchev–Trinajstić information content (AvgIpc) is 3.24. The summed E-state index contributed by atoms with van der Waals surface area (Å²) in [6.45, 7) is 2.16. The zero-order valence-corrected chi connectivity index (χ0v) is 16.8. The molecule has 0 saturated carbocycles. The van der Waals surface area contributed by atoms with Crippen LogP contribution in [0.2, 0.25) is 0 Å². The third kappa shape index (κ3) is 2.96. The number of methoxy groups -OCH3 is 1. The largest absolute Gasteiger partial charge is 0.496 e. The number of ether oxygens (including phenoxy) is 1. The van der Waals surface area contributed by atoms with E-state index >= 15 is 0 Å². The number of benzene rings is 2. The van der Waals surface area contributed by atoms with E-state index in [0.29, 0.717) is 5.57 Å². The summed E-state index contributed by atoms with van der Waals surface area (Å²) >= 11 is 0. The second-order valence-corrected chi connectivity index (χ2v) is 7.80. The number of carbonyl (C=O) groups is 1. The average molecular weight is 384 g/mol. The Balaban J connectivity index is 1.55. The van der Waals surface area contributed by atoms with Crippen LogP contribution in [0, 0.1) is 6.92 Å². The van der Waals surface area contributed by atoms with Crippen molar-refractivity contribution in [1.29, 1.82) is 0 Å². The highest BCUT2D eigenvalue weighted by Crippen LogP contribution is 2.39. The molecule has 146 valence electrons. The number of carbonyl (C=O) groups excluding carboxylic acids is 1. The second kappa shape index (κ2) is 6.96. The number of hydrogen-bond acceptors (Lipinski definition) is 2. The summed E-state index contributed by atoms with van der Waals surface area (Å²) in [7, 11) is 1.67. The van der Waals surface area contributed by atoms with Gasteiger partial charge in [-0.05, 0) is 67.5 Å². The molecule has 0 saturated heterocycles. The van der Waals surface area contributed by atoms with Gasteiger partial charge in [0.1, 0.15) is 5.75 Å². The predicted molar refractivity (Wildman–Crippen MR) is 117 cm³/mol. The van der Waals surface area contributed by atoms with Gasteiger partial charge in [0.05, 0.1) is 12.7 Å². The quantitative estimate of drug-likeness (QED) is 0.597. The Morgan fingerprint density at radius 3 is 2.69 bits per heavy atom. The maximum absolute atomic E-state index is 12.7. The second-order valence-electron chi connectivity index (χ2n) is 7.80. The minimum Gasteiger partial charge on any atom is -0.496 e. The smallest absolute Gasteiger partial charge is 0.256 e. The molecule has 2 aliphatic rings. The maximum atomic E-state index is 12.7. The van der Waals surface area contributed by atoms with Crippen LogP contribution in [0.5, 0.6) is 5.75 Å². The lowest BCUT2D eigenvalue weighted by Crippen LogP contribution is -2.03. The van der Waals surface area contributed by atoms with Crippen molar-refractivity contribution in [2.45, 2.75) is 32.6 Å². The molecule has 5 rings (SSSR count). The maximum Gasteiger partial charge on any atom is 0.256 e. The fraction of sp³-hybridized carbons (Fsp3) is 0.240. The van der Waals surface area contributed by atoms with Crippen LogP contribution < -0.4 is 10.1 Å². The fourth-order valence-corrected chi connectivity index (χ4v) is 4.55. The van der Waals surface area contributed by atoms with Crippen molar-refractivity contribution in [2.75, 3.05) is 12.4 Å². The van der Waals surface area contributed by atoms with E-state index in [2.05, 4.69) is 23.3 Å². The highest BCUT2D eigenvalue weighted by Gasteiger charge is 2.26. The lowest BCUT2D eigenvalue weighted by atomic mass is 9.94. The number of amides is 1. The number of nitrogens with one attached hydrogen (secondary N) is 2. The number of aromatic amines is 1. The zero-order valence-electron chi connectivity index (χ0n) is 16.8. The number of aromatic nitrogens is 1. The number of anilines is 1. The Labute approximate surface area is 170 Å². The number of fused-ring (bicyclic) bond motifs is 2. The van der Waals surface area contributed by atoms with Crippen LogP contribution in [-0.2, 0) is 17.6 Å². The number of rotatable bonds is 3. The number of aryl methyl sites for hydroxylation is 1. The van der Waals surface area contributed by atoms with Gasteiger partial charge in [-0.2, -0.15) is 0 Å². The minimum atomic E-state index is -0.0517. The van der Waals surface area contributed by atoms with Crippen molar-refractivity contribution < 1.29 is 9.53 Å². The van der Waals surface area contributed by atoms with E-state index in [-0.39, 0.29) is 5.91 Å². The summed E-state index contributed by atoms with van der Waals surface area (Å²) in [6, 6.07) is 14.0. The van der Waals surface area contributed by atoms with E-state index < -0.39 is 0 Å². The molecule has 0 unspecified atom stereocenters. The van der Waals surface area contributed by atoms with E-state index in [1.807, 2.05) is 42.5 Å². The first-order valence-corrected chi connectivity index (χ1v) is 10.2. The first-order valence-electron chi connectivity index (χ1n) is 10.2. The van der Waals surface area contributed by atoms with Gasteiger partial charge in [0.15, 0.2) is 0 Å². The number of hydrogen-bond donors (Lipinski definition) is 2. The Hall–Kier alpha value is -3.27. The van der Waals surface area contributed by atoms with Crippen molar-refractivity contribution >= 4 is 23.2 Å². The van der Waals surface area contributed by atoms with Gasteiger partial charge in [-0.15, -0.1) is 0 Å². The van der Waals surface area contributed by atoms with Gasteiger partial charge in [0.2, 0.25) is 0 Å². The Bertz CT molecular complexity index is 1150. The van der Waals surface area contributed by atoms with Crippen molar-refractivity contribution in [3.63, 3.8) is 0 Å². The lowest BCUT2D eigenvalue weighted by molar-refractivity contribution is -0.110. The topological polar surface area (TPSA) is 54.1 Å². The first-order chi connectivity index (χ1) is 14.2. The molecule has 0 spiro atoms. The third-order valence-corrected chi connectivity index (χ3v) is 6.12. The molecule has 0 atom stereocenters. The van der Waals surface area contributed by atoms with Crippen LogP contribution in [-0.4, -0.2) is 18.0 Å². The summed E-state index contributed by atoms with van der Waals surface area (Å²) in [5, 5.41) is 3.03. The van der Waals surface area contributed by atoms with Crippen LogP contribution in [0.15, 0.2) is 42.5 Å². The Kier molecular flexibility index (Phi) is 4.27. The SMILES string of the molecule is COc1ccccc1-c1ccc2c(c1)NC(=O)C2=Cc1[nH]c2c(c1C)CCCC2. The Morgan fingerprint density at radius 1 is 1.03 bits per heavy atom. The molecule has 2 N–H and O–H groups in total. The van der Waals surface area contributed by atoms with E-state index in [4.69, 9.17) is 4.74 Å². The summed E-state index contributed by atoms with van der Waals surface area (Å²) in [5.74, 6) is 0.768. The highest BCUT2D eigenvalue weighted by atomic mass is 16.5. The van der Waals surface area contributed by atoms with Crippen LogP contribution in [0.25, 0.3) is 22.8 Å². The molecule has 0 fully saturated rings. The molecule has 2 heterocycles. The summed E-state index contributed by atoms with van der Waals surface area (Å²) in [4.78, 5) is 16.3. The molecule has 1 aliphatic heterocycles. The third-order valence-electron chi connectivity index (χ3n) is 6.12. The number of para-hydroxylation sites is 1. The first kappa shape index (κ1) is 17.8. The van der Waals surface area contributed by atoms with E-state index in [0.717, 1.165) is 46.7 Å². The van der Waals surface area contributed by atoms with Gasteiger partial charge >= 0.3 is 0 Å². The molecule has 4 nitrogen and oxygen atoms in total. The zero-order chi connectivity index (χ0) is 20.0. The molecule has 0 radical (unpaired) electrons. The van der Waals surface area contributed by atoms with Gasteiger partial charge in [-0.25, -0.2) is 0 Å². The van der Waals surface area contributed by atoms with Crippen molar-refractivity contribution in [3.05, 3.63) is 70.5 Å². The molecule has 1 aromatic heterocycles. The highest BCUT2D eigenvalue weighted by molar-refractivity contribution is 6.35. The molecule has 4 heteroatoms. The number of H-pyrrole nitrogens is 1. The van der Waals surface area contributed by atoms with Crippen molar-refractivity contribution in [2.24, 2.45) is 0 Å². The predicted octanol–water partition coefficient (Wildman–Crippen LogP) is 5.37.